The first-order valence-corrected chi connectivity index (χ1v) is 9.30. The van der Waals surface area contributed by atoms with Gasteiger partial charge in [0, 0.05) is 11.0 Å². The molecule has 1 amide bonds. The monoisotopic (exact) mass is 395 g/mol. The number of amides is 1. The molecule has 0 aromatic heterocycles. The molecule has 2 N–H and O–H groups in total. The molecule has 2 aromatic carbocycles. The van der Waals surface area contributed by atoms with Crippen molar-refractivity contribution in [1.29, 1.82) is 0 Å². The van der Waals surface area contributed by atoms with Crippen molar-refractivity contribution in [3.63, 3.8) is 0 Å². The van der Waals surface area contributed by atoms with E-state index in [1.807, 2.05) is 18.4 Å². The number of nitrogens with one attached hydrogen (secondary N) is 1. The van der Waals surface area contributed by atoms with E-state index in [9.17, 15) is 18.4 Å². The van der Waals surface area contributed by atoms with E-state index in [0.29, 0.717) is 5.56 Å². The number of ether oxygens (including phenoxy) is 1. The Morgan fingerprint density at radius 2 is 1.81 bits per heavy atom. The van der Waals surface area contributed by atoms with Crippen LogP contribution in [0.4, 0.5) is 8.78 Å². The number of halogens is 2. The van der Waals surface area contributed by atoms with Gasteiger partial charge in [-0.15, -0.1) is 11.8 Å². The first-order chi connectivity index (χ1) is 12.8. The number of hydrogen-bond acceptors (Lipinski definition) is 4. The molecule has 0 fully saturated rings. The highest BCUT2D eigenvalue weighted by atomic mass is 32.2. The van der Waals surface area contributed by atoms with Gasteiger partial charge in [0.2, 0.25) is 0 Å². The maximum absolute atomic E-state index is 13.2. The van der Waals surface area contributed by atoms with Crippen LogP contribution in [0, 0.1) is 11.6 Å². The van der Waals surface area contributed by atoms with E-state index < -0.39 is 35.7 Å². The van der Waals surface area contributed by atoms with E-state index in [4.69, 9.17) is 9.84 Å². The van der Waals surface area contributed by atoms with Gasteiger partial charge in [0.25, 0.3) is 5.91 Å². The minimum atomic E-state index is -1.09. The van der Waals surface area contributed by atoms with Crippen LogP contribution in [-0.2, 0) is 9.59 Å². The number of carbonyl (C=O) groups is 2. The highest BCUT2D eigenvalue weighted by molar-refractivity contribution is 7.98. The second-order valence-electron chi connectivity index (χ2n) is 5.77. The predicted molar refractivity (Wildman–Crippen MR) is 97.8 cm³/mol. The Hall–Kier alpha value is -2.61. The molecule has 2 rings (SSSR count). The van der Waals surface area contributed by atoms with Crippen LogP contribution < -0.4 is 10.1 Å². The van der Waals surface area contributed by atoms with Gasteiger partial charge in [0.05, 0.1) is 12.5 Å². The number of benzene rings is 2. The third-order valence-electron chi connectivity index (χ3n) is 3.79. The average molecular weight is 395 g/mol. The van der Waals surface area contributed by atoms with Crippen LogP contribution in [0.5, 0.6) is 5.75 Å². The second-order valence-corrected chi connectivity index (χ2v) is 6.65. The van der Waals surface area contributed by atoms with Crippen molar-refractivity contribution in [2.24, 2.45) is 0 Å². The van der Waals surface area contributed by atoms with E-state index in [0.717, 1.165) is 17.0 Å². The summed E-state index contributed by atoms with van der Waals surface area (Å²) in [5, 5.41) is 11.8. The van der Waals surface area contributed by atoms with Crippen molar-refractivity contribution in [2.45, 2.75) is 30.4 Å². The molecule has 0 saturated heterocycles. The molecule has 0 saturated carbocycles. The Bertz CT molecular complexity index is 814. The highest BCUT2D eigenvalue weighted by Gasteiger charge is 2.22. The summed E-state index contributed by atoms with van der Waals surface area (Å²) >= 11 is 1.54. The lowest BCUT2D eigenvalue weighted by Crippen LogP contribution is -2.39. The number of carboxylic acids is 1. The number of carbonyl (C=O) groups excluding carboxylic acids is 1. The number of thioether (sulfide) groups is 1. The number of rotatable bonds is 8. The second kappa shape index (κ2) is 9.36. The van der Waals surface area contributed by atoms with Crippen LogP contribution in [0.25, 0.3) is 0 Å². The fraction of sp³-hybridized carbons (Fsp3) is 0.263. The zero-order valence-corrected chi connectivity index (χ0v) is 15.6. The summed E-state index contributed by atoms with van der Waals surface area (Å²) < 4.78 is 31.5. The Morgan fingerprint density at radius 1 is 1.15 bits per heavy atom. The minimum absolute atomic E-state index is 0.00402. The van der Waals surface area contributed by atoms with Crippen molar-refractivity contribution in [3.8, 4) is 5.75 Å². The lowest BCUT2D eigenvalue weighted by atomic mass is 10.0. The molecule has 2 atom stereocenters. The molecule has 0 radical (unpaired) electrons. The standard InChI is InChI=1S/C19H19F2NO4S/c1-11(26-13-5-8-15(20)16(21)9-13)19(25)22-17(10-18(23)24)12-3-6-14(27-2)7-4-12/h3-9,11,17H,10H2,1-2H3,(H,22,25)(H,23,24). The number of hydrogen-bond donors (Lipinski definition) is 2. The third kappa shape index (κ3) is 5.96. The molecule has 2 unspecified atom stereocenters. The first kappa shape index (κ1) is 20.7. The zero-order chi connectivity index (χ0) is 20.0. The van der Waals surface area contributed by atoms with Gasteiger partial charge in [-0.25, -0.2) is 8.78 Å². The van der Waals surface area contributed by atoms with Crippen LogP contribution in [0.1, 0.15) is 24.9 Å². The molecule has 27 heavy (non-hydrogen) atoms. The van der Waals surface area contributed by atoms with Crippen LogP contribution in [-0.4, -0.2) is 29.3 Å². The molecule has 144 valence electrons. The Balaban J connectivity index is 2.09. The third-order valence-corrected chi connectivity index (χ3v) is 4.53. The summed E-state index contributed by atoms with van der Waals surface area (Å²) in [6, 6.07) is 9.37. The SMILES string of the molecule is CSc1ccc(C(CC(=O)O)NC(=O)C(C)Oc2ccc(F)c(F)c2)cc1. The van der Waals surface area contributed by atoms with Crippen molar-refractivity contribution in [2.75, 3.05) is 6.26 Å². The molecule has 0 spiro atoms. The molecule has 0 heterocycles. The Kier molecular flexibility index (Phi) is 7.18. The topological polar surface area (TPSA) is 75.6 Å². The fourth-order valence-corrected chi connectivity index (χ4v) is 2.77. The molecule has 8 heteroatoms. The van der Waals surface area contributed by atoms with E-state index in [-0.39, 0.29) is 12.2 Å². The summed E-state index contributed by atoms with van der Waals surface area (Å²) in [6.45, 7) is 1.44. The lowest BCUT2D eigenvalue weighted by Gasteiger charge is -2.21. The maximum Gasteiger partial charge on any atom is 0.305 e. The van der Waals surface area contributed by atoms with Gasteiger partial charge in [0.1, 0.15) is 5.75 Å². The summed E-state index contributed by atoms with van der Waals surface area (Å²) in [4.78, 5) is 24.5. The highest BCUT2D eigenvalue weighted by Crippen LogP contribution is 2.22. The Morgan fingerprint density at radius 3 is 2.37 bits per heavy atom. The van der Waals surface area contributed by atoms with E-state index >= 15 is 0 Å². The molecule has 0 bridgehead atoms. The lowest BCUT2D eigenvalue weighted by molar-refractivity contribution is -0.138. The largest absolute Gasteiger partial charge is 0.481 e. The quantitative estimate of drug-likeness (QED) is 0.665. The van der Waals surface area contributed by atoms with Crippen LogP contribution in [0.3, 0.4) is 0 Å². The van der Waals surface area contributed by atoms with Gasteiger partial charge in [-0.2, -0.15) is 0 Å². The van der Waals surface area contributed by atoms with Crippen LogP contribution >= 0.6 is 11.8 Å². The van der Waals surface area contributed by atoms with Crippen LogP contribution in [0.15, 0.2) is 47.4 Å². The van der Waals surface area contributed by atoms with Crippen molar-refractivity contribution < 1.29 is 28.2 Å². The number of aliphatic carboxylic acids is 1. The average Bonchev–Trinajstić information content (AvgIpc) is 2.63. The maximum atomic E-state index is 13.2. The van der Waals surface area contributed by atoms with E-state index in [1.54, 1.807) is 23.9 Å². The van der Waals surface area contributed by atoms with Gasteiger partial charge in [-0.05, 0) is 43.0 Å². The normalized spacial score (nSPS) is 12.9. The van der Waals surface area contributed by atoms with Gasteiger partial charge in [-0.1, -0.05) is 12.1 Å². The molecular formula is C19H19F2NO4S. The summed E-state index contributed by atoms with van der Waals surface area (Å²) in [5.74, 6) is -3.74. The molecular weight excluding hydrogens is 376 g/mol. The summed E-state index contributed by atoms with van der Waals surface area (Å²) in [6.07, 6.45) is 0.585. The van der Waals surface area contributed by atoms with Gasteiger partial charge in [0.15, 0.2) is 17.7 Å². The fourth-order valence-electron chi connectivity index (χ4n) is 2.36. The molecule has 0 aliphatic carbocycles. The van der Waals surface area contributed by atoms with Gasteiger partial charge >= 0.3 is 5.97 Å². The molecule has 5 nitrogen and oxygen atoms in total. The first-order valence-electron chi connectivity index (χ1n) is 8.08. The smallest absolute Gasteiger partial charge is 0.305 e. The molecule has 2 aromatic rings. The van der Waals surface area contributed by atoms with E-state index in [2.05, 4.69) is 5.32 Å². The van der Waals surface area contributed by atoms with Crippen molar-refractivity contribution >= 4 is 23.6 Å². The molecule has 0 aliphatic rings. The zero-order valence-electron chi connectivity index (χ0n) is 14.7. The predicted octanol–water partition coefficient (Wildman–Crippen LogP) is 3.79. The van der Waals surface area contributed by atoms with Gasteiger partial charge in [-0.3, -0.25) is 9.59 Å². The minimum Gasteiger partial charge on any atom is -0.481 e. The summed E-state index contributed by atoms with van der Waals surface area (Å²) in [5.41, 5.74) is 0.642. The van der Waals surface area contributed by atoms with Crippen LogP contribution in [0.2, 0.25) is 0 Å². The summed E-state index contributed by atoms with van der Waals surface area (Å²) in [7, 11) is 0. The van der Waals surface area contributed by atoms with Crippen molar-refractivity contribution in [3.05, 3.63) is 59.7 Å². The van der Waals surface area contributed by atoms with Gasteiger partial charge < -0.3 is 15.2 Å². The molecule has 0 aliphatic heterocycles. The van der Waals surface area contributed by atoms with E-state index in [1.165, 1.54) is 13.0 Å². The Labute approximate surface area is 159 Å². The number of carboxylic acid groups (broad SMARTS) is 1. The van der Waals surface area contributed by atoms with Crippen molar-refractivity contribution in [1.82, 2.24) is 5.32 Å².